The van der Waals surface area contributed by atoms with Crippen LogP contribution in [-0.4, -0.2) is 47.7 Å². The number of hydrogen-bond donors (Lipinski definition) is 2. The van der Waals surface area contributed by atoms with E-state index in [0.29, 0.717) is 13.1 Å². The number of nitrogens with one attached hydrogen (secondary N) is 2. The molecule has 0 aromatic carbocycles. The molecule has 0 aliphatic heterocycles. The molecule has 2 N–H and O–H groups in total. The summed E-state index contributed by atoms with van der Waals surface area (Å²) in [6.07, 6.45) is -0.411. The van der Waals surface area contributed by atoms with Crippen molar-refractivity contribution in [3.63, 3.8) is 0 Å². The van der Waals surface area contributed by atoms with E-state index in [9.17, 15) is 9.59 Å². The second-order valence-electron chi connectivity index (χ2n) is 6.35. The van der Waals surface area contributed by atoms with Gasteiger partial charge in [0.2, 0.25) is 0 Å². The Balaban J connectivity index is 2.29. The zero-order valence-corrected chi connectivity index (χ0v) is 15.4. The Morgan fingerprint density at radius 3 is 2.61 bits per heavy atom. The average molecular weight is 342 g/mol. The zero-order valence-electron chi connectivity index (χ0n) is 14.6. The number of likely N-dealkylation sites (N-methyl/N-ethyl adjacent to an activating group) is 1. The Bertz CT molecular complexity index is 539. The van der Waals surface area contributed by atoms with Crippen molar-refractivity contribution in [2.75, 3.05) is 20.1 Å². The number of hydrogen-bond acceptors (Lipinski definition) is 5. The highest BCUT2D eigenvalue weighted by atomic mass is 32.1. The molecule has 0 aliphatic rings. The van der Waals surface area contributed by atoms with E-state index >= 15 is 0 Å². The molecule has 0 fully saturated rings. The maximum Gasteiger partial charge on any atom is 0.410 e. The van der Waals surface area contributed by atoms with E-state index in [4.69, 9.17) is 4.74 Å². The first-order chi connectivity index (χ1) is 10.6. The summed E-state index contributed by atoms with van der Waals surface area (Å²) in [5.41, 5.74) is 0.412. The highest BCUT2D eigenvalue weighted by molar-refractivity contribution is 7.09. The molecule has 1 aromatic heterocycles. The average Bonchev–Trinajstić information content (AvgIpc) is 2.83. The monoisotopic (exact) mass is 342 g/mol. The molecule has 0 saturated heterocycles. The predicted molar refractivity (Wildman–Crippen MR) is 90.7 cm³/mol. The van der Waals surface area contributed by atoms with E-state index < -0.39 is 11.7 Å². The van der Waals surface area contributed by atoms with Gasteiger partial charge in [-0.15, -0.1) is 11.3 Å². The second kappa shape index (κ2) is 8.14. The number of amides is 3. The molecule has 0 saturated carbocycles. The van der Waals surface area contributed by atoms with Crippen LogP contribution in [0.5, 0.6) is 0 Å². The molecule has 0 bridgehead atoms. The minimum atomic E-state index is -0.530. The van der Waals surface area contributed by atoms with Crippen LogP contribution >= 0.6 is 11.3 Å². The van der Waals surface area contributed by atoms with Gasteiger partial charge in [0.15, 0.2) is 0 Å². The molecule has 1 aromatic rings. The zero-order chi connectivity index (χ0) is 17.6. The summed E-state index contributed by atoms with van der Waals surface area (Å²) in [4.78, 5) is 29.4. The first-order valence-electron chi connectivity index (χ1n) is 7.49. The smallest absolute Gasteiger partial charge is 0.410 e. The van der Waals surface area contributed by atoms with Gasteiger partial charge in [-0.3, -0.25) is 0 Å². The fourth-order valence-electron chi connectivity index (χ4n) is 1.65. The van der Waals surface area contributed by atoms with Crippen molar-refractivity contribution >= 4 is 23.5 Å². The van der Waals surface area contributed by atoms with E-state index in [0.717, 1.165) is 10.7 Å². The van der Waals surface area contributed by atoms with Crippen molar-refractivity contribution in [2.45, 2.75) is 46.3 Å². The molecule has 8 heteroatoms. The van der Waals surface area contributed by atoms with Crippen LogP contribution in [0, 0.1) is 6.92 Å². The summed E-state index contributed by atoms with van der Waals surface area (Å²) in [5.74, 6) is 0. The largest absolute Gasteiger partial charge is 0.444 e. The van der Waals surface area contributed by atoms with Crippen LogP contribution in [0.15, 0.2) is 5.38 Å². The molecule has 1 atom stereocenters. The number of aromatic nitrogens is 1. The Morgan fingerprint density at radius 2 is 2.09 bits per heavy atom. The van der Waals surface area contributed by atoms with Crippen LogP contribution in [0.25, 0.3) is 0 Å². The lowest BCUT2D eigenvalue weighted by Gasteiger charge is -2.24. The lowest BCUT2D eigenvalue weighted by molar-refractivity contribution is 0.0301. The highest BCUT2D eigenvalue weighted by Crippen LogP contribution is 2.17. The molecule has 1 heterocycles. The molecule has 0 spiro atoms. The lowest BCUT2D eigenvalue weighted by Crippen LogP contribution is -2.42. The quantitative estimate of drug-likeness (QED) is 0.862. The number of aryl methyl sites for hydroxylation is 1. The lowest BCUT2D eigenvalue weighted by atomic mass is 10.2. The first kappa shape index (κ1) is 19.2. The van der Waals surface area contributed by atoms with E-state index in [1.807, 2.05) is 40.0 Å². The summed E-state index contributed by atoms with van der Waals surface area (Å²) < 4.78 is 5.23. The molecule has 0 radical (unpaired) electrons. The van der Waals surface area contributed by atoms with Gasteiger partial charge in [0.1, 0.15) is 10.6 Å². The summed E-state index contributed by atoms with van der Waals surface area (Å²) in [5, 5.41) is 8.34. The Kier molecular flexibility index (Phi) is 6.80. The minimum Gasteiger partial charge on any atom is -0.444 e. The van der Waals surface area contributed by atoms with Gasteiger partial charge >= 0.3 is 12.1 Å². The molecule has 1 rings (SSSR count). The molecular weight excluding hydrogens is 316 g/mol. The van der Waals surface area contributed by atoms with Gasteiger partial charge in [0, 0.05) is 31.2 Å². The maximum atomic E-state index is 11.8. The number of carbonyl (C=O) groups excluding carboxylic acids is 2. The standard InChI is InChI=1S/C15H26N4O3S/c1-10-9-23-12(17-10)11(2)18-13(20)16-7-8-19(6)14(21)22-15(3,4)5/h9,11H,7-8H2,1-6H3,(H2,16,18,20)/t11-/m0/s1. The fourth-order valence-corrected chi connectivity index (χ4v) is 2.45. The van der Waals surface area contributed by atoms with E-state index in [2.05, 4.69) is 15.6 Å². The van der Waals surface area contributed by atoms with Gasteiger partial charge in [-0.25, -0.2) is 14.6 Å². The van der Waals surface area contributed by atoms with Crippen LogP contribution in [0.1, 0.15) is 44.4 Å². The summed E-state index contributed by atoms with van der Waals surface area (Å²) in [6.45, 7) is 9.94. The van der Waals surface area contributed by atoms with Crippen LogP contribution in [0.4, 0.5) is 9.59 Å². The number of rotatable bonds is 5. The topological polar surface area (TPSA) is 83.6 Å². The number of thiazole rings is 1. The molecule has 0 unspecified atom stereocenters. The van der Waals surface area contributed by atoms with Gasteiger partial charge < -0.3 is 20.3 Å². The first-order valence-corrected chi connectivity index (χ1v) is 8.37. The number of urea groups is 1. The van der Waals surface area contributed by atoms with Gasteiger partial charge in [-0.1, -0.05) is 0 Å². The van der Waals surface area contributed by atoms with Crippen molar-refractivity contribution in [3.05, 3.63) is 16.1 Å². The fraction of sp³-hybridized carbons (Fsp3) is 0.667. The predicted octanol–water partition coefficient (Wildman–Crippen LogP) is 2.68. The Hall–Kier alpha value is -1.83. The van der Waals surface area contributed by atoms with E-state index in [1.165, 1.54) is 16.2 Å². The van der Waals surface area contributed by atoms with Crippen LogP contribution in [-0.2, 0) is 4.74 Å². The molecule has 23 heavy (non-hydrogen) atoms. The molecule has 130 valence electrons. The third kappa shape index (κ3) is 7.32. The van der Waals surface area contributed by atoms with Crippen molar-refractivity contribution in [3.8, 4) is 0 Å². The maximum absolute atomic E-state index is 11.8. The van der Waals surface area contributed by atoms with Gasteiger partial charge in [0.05, 0.1) is 6.04 Å². The molecule has 7 nitrogen and oxygen atoms in total. The summed E-state index contributed by atoms with van der Waals surface area (Å²) >= 11 is 1.51. The Labute approximate surface area is 141 Å². The molecule has 3 amide bonds. The summed E-state index contributed by atoms with van der Waals surface area (Å²) in [6, 6.07) is -0.444. The van der Waals surface area contributed by atoms with Crippen molar-refractivity contribution < 1.29 is 14.3 Å². The van der Waals surface area contributed by atoms with Gasteiger partial charge in [-0.2, -0.15) is 0 Å². The SMILES string of the molecule is Cc1csc([C@H](C)NC(=O)NCCN(C)C(=O)OC(C)(C)C)n1. The van der Waals surface area contributed by atoms with Crippen LogP contribution in [0.2, 0.25) is 0 Å². The van der Waals surface area contributed by atoms with Crippen molar-refractivity contribution in [1.29, 1.82) is 0 Å². The minimum absolute atomic E-state index is 0.155. The summed E-state index contributed by atoms with van der Waals surface area (Å²) in [7, 11) is 1.63. The van der Waals surface area contributed by atoms with Crippen LogP contribution in [0.3, 0.4) is 0 Å². The number of nitrogens with zero attached hydrogens (tertiary/aromatic N) is 2. The number of ether oxygens (including phenoxy) is 1. The normalized spacial score (nSPS) is 12.4. The van der Waals surface area contributed by atoms with E-state index in [1.54, 1.807) is 7.05 Å². The molecule has 0 aliphatic carbocycles. The Morgan fingerprint density at radius 1 is 1.43 bits per heavy atom. The third-order valence-corrected chi connectivity index (χ3v) is 3.94. The second-order valence-corrected chi connectivity index (χ2v) is 7.24. The van der Waals surface area contributed by atoms with Crippen LogP contribution < -0.4 is 10.6 Å². The number of carbonyl (C=O) groups is 2. The van der Waals surface area contributed by atoms with Crippen molar-refractivity contribution in [2.24, 2.45) is 0 Å². The third-order valence-electron chi connectivity index (χ3n) is 2.79. The van der Waals surface area contributed by atoms with E-state index in [-0.39, 0.29) is 12.1 Å². The highest BCUT2D eigenvalue weighted by Gasteiger charge is 2.19. The van der Waals surface area contributed by atoms with Gasteiger partial charge in [0.25, 0.3) is 0 Å². The molecular formula is C15H26N4O3S. The van der Waals surface area contributed by atoms with Gasteiger partial charge in [-0.05, 0) is 34.6 Å². The van der Waals surface area contributed by atoms with Crippen molar-refractivity contribution in [1.82, 2.24) is 20.5 Å².